The molecule has 2 nitrogen and oxygen atoms in total. The Hall–Kier alpha value is -0.0800. The fourth-order valence-electron chi connectivity index (χ4n) is 1.49. The van der Waals surface area contributed by atoms with Gasteiger partial charge < -0.3 is 10.0 Å². The van der Waals surface area contributed by atoms with Gasteiger partial charge >= 0.3 is 0 Å². The first-order chi connectivity index (χ1) is 4.83. The van der Waals surface area contributed by atoms with E-state index in [1.807, 2.05) is 0 Å². The van der Waals surface area contributed by atoms with Gasteiger partial charge in [0, 0.05) is 6.61 Å². The van der Waals surface area contributed by atoms with Crippen LogP contribution in [0.15, 0.2) is 0 Å². The van der Waals surface area contributed by atoms with Crippen LogP contribution in [0.2, 0.25) is 0 Å². The molecule has 1 heterocycles. The van der Waals surface area contributed by atoms with Gasteiger partial charge in [-0.05, 0) is 45.3 Å². The molecule has 0 aromatic rings. The van der Waals surface area contributed by atoms with E-state index in [1.165, 1.54) is 25.8 Å². The highest BCUT2D eigenvalue weighted by molar-refractivity contribution is 4.66. The maximum atomic E-state index is 8.88. The molecular weight excluding hydrogens is 126 g/mol. The second-order valence-corrected chi connectivity index (χ2v) is 3.28. The topological polar surface area (TPSA) is 23.5 Å². The maximum Gasteiger partial charge on any atom is 0.0459 e. The quantitative estimate of drug-likeness (QED) is 0.584. The highest BCUT2D eigenvalue weighted by atomic mass is 16.3. The summed E-state index contributed by atoms with van der Waals surface area (Å²) in [7, 11) is 2.15. The SMILES string of the molecule is CN1CCC[C@@H](CO)CC1. The molecule has 60 valence electrons. The molecule has 1 saturated heterocycles. The summed E-state index contributed by atoms with van der Waals surface area (Å²) in [6.45, 7) is 2.75. The summed E-state index contributed by atoms with van der Waals surface area (Å²) in [5.41, 5.74) is 0. The molecule has 0 radical (unpaired) electrons. The molecule has 0 bridgehead atoms. The van der Waals surface area contributed by atoms with Gasteiger partial charge in [0.15, 0.2) is 0 Å². The van der Waals surface area contributed by atoms with Crippen LogP contribution in [0.3, 0.4) is 0 Å². The first-order valence-electron chi connectivity index (χ1n) is 4.12. The minimum absolute atomic E-state index is 0.383. The minimum Gasteiger partial charge on any atom is -0.396 e. The molecule has 0 spiro atoms. The van der Waals surface area contributed by atoms with E-state index in [2.05, 4.69) is 11.9 Å². The second kappa shape index (κ2) is 3.94. The summed E-state index contributed by atoms with van der Waals surface area (Å²) < 4.78 is 0. The lowest BCUT2D eigenvalue weighted by molar-refractivity contribution is 0.211. The van der Waals surface area contributed by atoms with E-state index in [-0.39, 0.29) is 0 Å². The fourth-order valence-corrected chi connectivity index (χ4v) is 1.49. The van der Waals surface area contributed by atoms with Crippen LogP contribution in [0.4, 0.5) is 0 Å². The molecule has 0 saturated carbocycles. The van der Waals surface area contributed by atoms with Gasteiger partial charge in [-0.25, -0.2) is 0 Å². The Bertz CT molecular complexity index is 95.3. The second-order valence-electron chi connectivity index (χ2n) is 3.28. The Labute approximate surface area is 62.8 Å². The maximum absolute atomic E-state index is 8.88. The van der Waals surface area contributed by atoms with Crippen LogP contribution in [0.25, 0.3) is 0 Å². The van der Waals surface area contributed by atoms with E-state index in [0.717, 1.165) is 6.54 Å². The highest BCUT2D eigenvalue weighted by Crippen LogP contribution is 2.15. The summed E-state index contributed by atoms with van der Waals surface area (Å²) in [6, 6.07) is 0. The lowest BCUT2D eigenvalue weighted by Gasteiger charge is -2.12. The van der Waals surface area contributed by atoms with Gasteiger partial charge in [-0.2, -0.15) is 0 Å². The van der Waals surface area contributed by atoms with Crippen LogP contribution >= 0.6 is 0 Å². The molecule has 10 heavy (non-hydrogen) atoms. The molecule has 0 aromatic heterocycles. The van der Waals surface area contributed by atoms with Gasteiger partial charge in [0.25, 0.3) is 0 Å². The third-order valence-corrected chi connectivity index (χ3v) is 2.33. The third-order valence-electron chi connectivity index (χ3n) is 2.33. The molecule has 1 aliphatic rings. The Morgan fingerprint density at radius 3 is 2.90 bits per heavy atom. The van der Waals surface area contributed by atoms with E-state index in [4.69, 9.17) is 5.11 Å². The van der Waals surface area contributed by atoms with E-state index in [9.17, 15) is 0 Å². The first kappa shape index (κ1) is 8.02. The predicted octanol–water partition coefficient (Wildman–Crippen LogP) is 0.711. The number of aliphatic hydroxyl groups is 1. The molecule has 2 heteroatoms. The van der Waals surface area contributed by atoms with Crippen LogP contribution in [0, 0.1) is 5.92 Å². The van der Waals surface area contributed by atoms with Gasteiger partial charge in [0.1, 0.15) is 0 Å². The number of hydrogen-bond donors (Lipinski definition) is 1. The van der Waals surface area contributed by atoms with E-state index < -0.39 is 0 Å². The molecule has 1 fully saturated rings. The van der Waals surface area contributed by atoms with Gasteiger partial charge in [0.2, 0.25) is 0 Å². The lowest BCUT2D eigenvalue weighted by Crippen LogP contribution is -2.19. The average molecular weight is 143 g/mol. The average Bonchev–Trinajstić information content (AvgIpc) is 2.14. The number of aliphatic hydroxyl groups excluding tert-OH is 1. The zero-order valence-corrected chi connectivity index (χ0v) is 6.71. The zero-order chi connectivity index (χ0) is 7.40. The third kappa shape index (κ3) is 2.27. The van der Waals surface area contributed by atoms with Gasteiger partial charge in [-0.1, -0.05) is 0 Å². The summed E-state index contributed by atoms with van der Waals surface area (Å²) in [5, 5.41) is 8.88. The molecule has 0 amide bonds. The van der Waals surface area contributed by atoms with Crippen molar-refractivity contribution in [3.8, 4) is 0 Å². The standard InChI is InChI=1S/C8H17NO/c1-9-5-2-3-8(7-10)4-6-9/h8,10H,2-7H2,1H3/t8-/m1/s1. The molecule has 0 unspecified atom stereocenters. The van der Waals surface area contributed by atoms with Crippen LogP contribution in [-0.2, 0) is 0 Å². The fraction of sp³-hybridized carbons (Fsp3) is 1.00. The Morgan fingerprint density at radius 1 is 1.40 bits per heavy atom. The Kier molecular flexibility index (Phi) is 3.16. The van der Waals surface area contributed by atoms with Crippen molar-refractivity contribution in [3.05, 3.63) is 0 Å². The number of hydrogen-bond acceptors (Lipinski definition) is 2. The summed E-state index contributed by atoms with van der Waals surface area (Å²) in [4.78, 5) is 2.34. The van der Waals surface area contributed by atoms with Crippen molar-refractivity contribution in [2.75, 3.05) is 26.7 Å². The van der Waals surface area contributed by atoms with Gasteiger partial charge in [-0.3, -0.25) is 0 Å². The van der Waals surface area contributed by atoms with Gasteiger partial charge in [-0.15, -0.1) is 0 Å². The largest absolute Gasteiger partial charge is 0.396 e. The molecule has 1 N–H and O–H groups in total. The van der Waals surface area contributed by atoms with Crippen LogP contribution in [0.1, 0.15) is 19.3 Å². The van der Waals surface area contributed by atoms with E-state index in [1.54, 1.807) is 0 Å². The minimum atomic E-state index is 0.383. The highest BCUT2D eigenvalue weighted by Gasteiger charge is 2.12. The van der Waals surface area contributed by atoms with Crippen LogP contribution in [0.5, 0.6) is 0 Å². The summed E-state index contributed by atoms with van der Waals surface area (Å²) >= 11 is 0. The molecule has 0 aliphatic carbocycles. The summed E-state index contributed by atoms with van der Waals surface area (Å²) in [6.07, 6.45) is 3.63. The zero-order valence-electron chi connectivity index (χ0n) is 6.71. The molecule has 1 rings (SSSR count). The van der Waals surface area contributed by atoms with E-state index in [0.29, 0.717) is 12.5 Å². The first-order valence-corrected chi connectivity index (χ1v) is 4.12. The van der Waals surface area contributed by atoms with Crippen molar-refractivity contribution in [2.45, 2.75) is 19.3 Å². The van der Waals surface area contributed by atoms with E-state index >= 15 is 0 Å². The monoisotopic (exact) mass is 143 g/mol. The Balaban J connectivity index is 2.26. The molecule has 1 aliphatic heterocycles. The molecular formula is C8H17NO. The van der Waals surface area contributed by atoms with Crippen molar-refractivity contribution in [2.24, 2.45) is 5.92 Å². The van der Waals surface area contributed by atoms with Crippen molar-refractivity contribution in [3.63, 3.8) is 0 Å². The normalized spacial score (nSPS) is 30.0. The van der Waals surface area contributed by atoms with Crippen LogP contribution in [-0.4, -0.2) is 36.8 Å². The number of rotatable bonds is 1. The number of likely N-dealkylation sites (tertiary alicyclic amines) is 1. The summed E-state index contributed by atoms with van der Waals surface area (Å²) in [5.74, 6) is 0.574. The molecule has 0 aromatic carbocycles. The van der Waals surface area contributed by atoms with Crippen molar-refractivity contribution in [1.29, 1.82) is 0 Å². The lowest BCUT2D eigenvalue weighted by atomic mass is 10.0. The molecule has 1 atom stereocenters. The smallest absolute Gasteiger partial charge is 0.0459 e. The van der Waals surface area contributed by atoms with Gasteiger partial charge in [0.05, 0.1) is 0 Å². The van der Waals surface area contributed by atoms with Crippen molar-refractivity contribution >= 4 is 0 Å². The van der Waals surface area contributed by atoms with Crippen LogP contribution < -0.4 is 0 Å². The predicted molar refractivity (Wildman–Crippen MR) is 41.9 cm³/mol. The van der Waals surface area contributed by atoms with Crippen molar-refractivity contribution < 1.29 is 5.11 Å². The van der Waals surface area contributed by atoms with Crippen molar-refractivity contribution in [1.82, 2.24) is 4.90 Å². The Morgan fingerprint density at radius 2 is 2.20 bits per heavy atom. The number of nitrogens with zero attached hydrogens (tertiary/aromatic N) is 1.